The topological polar surface area (TPSA) is 58.2 Å². The minimum absolute atomic E-state index is 0.0558. The molecule has 5 heteroatoms. The summed E-state index contributed by atoms with van der Waals surface area (Å²) >= 11 is 0. The molecule has 2 aromatic rings. The molecule has 0 bridgehead atoms. The van der Waals surface area contributed by atoms with Gasteiger partial charge in [-0.1, -0.05) is 37.5 Å². The third-order valence-electron chi connectivity index (χ3n) is 5.74. The number of aromatic nitrogens is 2. The van der Waals surface area contributed by atoms with Crippen LogP contribution in [0.2, 0.25) is 0 Å². The Morgan fingerprint density at radius 1 is 1.23 bits per heavy atom. The lowest BCUT2D eigenvalue weighted by Gasteiger charge is -2.29. The molecule has 1 aromatic carbocycles. The van der Waals surface area contributed by atoms with Gasteiger partial charge in [-0.25, -0.2) is 4.98 Å². The molecule has 1 fully saturated rings. The molecule has 0 saturated heterocycles. The molecule has 1 aliphatic heterocycles. The van der Waals surface area contributed by atoms with Crippen molar-refractivity contribution >= 4 is 0 Å². The SMILES string of the molecule is COc1ccccc1CN1CCc2nc(C3CCCCC3)[nH]c(=O)c2C1. The number of benzene rings is 1. The van der Waals surface area contributed by atoms with Crippen molar-refractivity contribution in [3.63, 3.8) is 0 Å². The summed E-state index contributed by atoms with van der Waals surface area (Å²) in [7, 11) is 1.70. The van der Waals surface area contributed by atoms with Crippen LogP contribution >= 0.6 is 0 Å². The van der Waals surface area contributed by atoms with E-state index in [9.17, 15) is 4.79 Å². The van der Waals surface area contributed by atoms with E-state index in [1.54, 1.807) is 7.11 Å². The average molecular weight is 353 g/mol. The number of H-pyrrole nitrogens is 1. The van der Waals surface area contributed by atoms with Crippen molar-refractivity contribution < 1.29 is 4.74 Å². The molecule has 138 valence electrons. The van der Waals surface area contributed by atoms with Crippen molar-refractivity contribution in [1.29, 1.82) is 0 Å². The number of fused-ring (bicyclic) bond motifs is 1. The minimum Gasteiger partial charge on any atom is -0.496 e. The molecule has 26 heavy (non-hydrogen) atoms. The van der Waals surface area contributed by atoms with Crippen LogP contribution in [0.15, 0.2) is 29.1 Å². The number of nitrogens with zero attached hydrogens (tertiary/aromatic N) is 2. The van der Waals surface area contributed by atoms with Gasteiger partial charge in [0, 0.05) is 37.5 Å². The highest BCUT2D eigenvalue weighted by atomic mass is 16.5. The molecule has 5 nitrogen and oxygen atoms in total. The third-order valence-corrected chi connectivity index (χ3v) is 5.74. The smallest absolute Gasteiger partial charge is 0.255 e. The molecule has 0 radical (unpaired) electrons. The van der Waals surface area contributed by atoms with Crippen LogP contribution in [0.25, 0.3) is 0 Å². The highest BCUT2D eigenvalue weighted by molar-refractivity contribution is 5.33. The molecule has 1 aromatic heterocycles. The van der Waals surface area contributed by atoms with Crippen LogP contribution in [0.5, 0.6) is 5.75 Å². The van der Waals surface area contributed by atoms with Gasteiger partial charge in [0.15, 0.2) is 0 Å². The predicted molar refractivity (Wildman–Crippen MR) is 101 cm³/mol. The van der Waals surface area contributed by atoms with Crippen molar-refractivity contribution in [2.24, 2.45) is 0 Å². The van der Waals surface area contributed by atoms with Crippen LogP contribution in [-0.4, -0.2) is 28.5 Å². The van der Waals surface area contributed by atoms with Gasteiger partial charge >= 0.3 is 0 Å². The Hall–Kier alpha value is -2.14. The Labute approximate surface area is 154 Å². The summed E-state index contributed by atoms with van der Waals surface area (Å²) in [6, 6.07) is 8.08. The van der Waals surface area contributed by atoms with Crippen LogP contribution in [0.4, 0.5) is 0 Å². The first-order valence-corrected chi connectivity index (χ1v) is 9.71. The maximum absolute atomic E-state index is 12.7. The number of aromatic amines is 1. The molecule has 4 rings (SSSR count). The molecule has 2 aliphatic rings. The van der Waals surface area contributed by atoms with E-state index >= 15 is 0 Å². The first-order valence-electron chi connectivity index (χ1n) is 9.71. The zero-order valence-electron chi connectivity index (χ0n) is 15.5. The van der Waals surface area contributed by atoms with Gasteiger partial charge in [-0.15, -0.1) is 0 Å². The van der Waals surface area contributed by atoms with Gasteiger partial charge in [0.05, 0.1) is 18.4 Å². The maximum Gasteiger partial charge on any atom is 0.255 e. The molecular formula is C21H27N3O2. The summed E-state index contributed by atoms with van der Waals surface area (Å²) in [5.74, 6) is 2.26. The lowest BCUT2D eigenvalue weighted by Crippen LogP contribution is -2.36. The number of rotatable bonds is 4. The molecule has 0 spiro atoms. The van der Waals surface area contributed by atoms with Gasteiger partial charge in [-0.3, -0.25) is 9.69 Å². The molecule has 0 unspecified atom stereocenters. The fraction of sp³-hybridized carbons (Fsp3) is 0.524. The average Bonchev–Trinajstić information content (AvgIpc) is 2.69. The summed E-state index contributed by atoms with van der Waals surface area (Å²) in [6.07, 6.45) is 6.96. The molecule has 0 atom stereocenters. The van der Waals surface area contributed by atoms with Crippen LogP contribution in [0.3, 0.4) is 0 Å². The molecule has 1 aliphatic carbocycles. The Balaban J connectivity index is 1.53. The van der Waals surface area contributed by atoms with E-state index in [1.165, 1.54) is 19.3 Å². The number of nitrogens with one attached hydrogen (secondary N) is 1. The molecule has 0 amide bonds. The van der Waals surface area contributed by atoms with Crippen molar-refractivity contribution in [2.75, 3.05) is 13.7 Å². The monoisotopic (exact) mass is 353 g/mol. The molecule has 1 N–H and O–H groups in total. The number of para-hydroxylation sites is 1. The predicted octanol–water partition coefficient (Wildman–Crippen LogP) is 3.38. The van der Waals surface area contributed by atoms with Crippen molar-refractivity contribution in [2.45, 2.75) is 57.5 Å². The van der Waals surface area contributed by atoms with E-state index in [4.69, 9.17) is 9.72 Å². The van der Waals surface area contributed by atoms with E-state index in [2.05, 4.69) is 16.0 Å². The fourth-order valence-corrected chi connectivity index (χ4v) is 4.28. The van der Waals surface area contributed by atoms with E-state index in [1.807, 2.05) is 18.2 Å². The second-order valence-corrected chi connectivity index (χ2v) is 7.48. The van der Waals surface area contributed by atoms with Gasteiger partial charge < -0.3 is 9.72 Å². The standard InChI is InChI=1S/C21H27N3O2/c1-26-19-10-6-5-9-16(19)13-24-12-11-18-17(14-24)21(25)23-20(22-18)15-7-3-2-4-8-15/h5-6,9-10,15H,2-4,7-8,11-14H2,1H3,(H,22,23,25). The van der Waals surface area contributed by atoms with E-state index in [-0.39, 0.29) is 5.56 Å². The quantitative estimate of drug-likeness (QED) is 0.915. The third kappa shape index (κ3) is 3.54. The number of hydrogen-bond acceptors (Lipinski definition) is 4. The number of hydrogen-bond donors (Lipinski definition) is 1. The highest BCUT2D eigenvalue weighted by Crippen LogP contribution is 2.31. The zero-order chi connectivity index (χ0) is 17.9. The van der Waals surface area contributed by atoms with Gasteiger partial charge in [0.25, 0.3) is 5.56 Å². The van der Waals surface area contributed by atoms with Crippen molar-refractivity contribution in [3.05, 3.63) is 57.3 Å². The first kappa shape index (κ1) is 17.3. The van der Waals surface area contributed by atoms with E-state index in [0.29, 0.717) is 12.5 Å². The fourth-order valence-electron chi connectivity index (χ4n) is 4.28. The summed E-state index contributed by atoms with van der Waals surface area (Å²) in [5, 5.41) is 0. The molecule has 2 heterocycles. The second kappa shape index (κ2) is 7.62. The maximum atomic E-state index is 12.7. The Morgan fingerprint density at radius 3 is 2.85 bits per heavy atom. The van der Waals surface area contributed by atoms with Crippen LogP contribution < -0.4 is 10.3 Å². The van der Waals surface area contributed by atoms with Crippen LogP contribution in [-0.2, 0) is 19.5 Å². The Bertz CT molecular complexity index is 824. The summed E-state index contributed by atoms with van der Waals surface area (Å²) in [4.78, 5) is 23.0. The van der Waals surface area contributed by atoms with Crippen molar-refractivity contribution in [3.8, 4) is 5.75 Å². The summed E-state index contributed by atoms with van der Waals surface area (Å²) in [6.45, 7) is 2.36. The number of ether oxygens (including phenoxy) is 1. The lowest BCUT2D eigenvalue weighted by atomic mass is 9.88. The van der Waals surface area contributed by atoms with Crippen molar-refractivity contribution in [1.82, 2.24) is 14.9 Å². The first-order chi connectivity index (χ1) is 12.7. The summed E-state index contributed by atoms with van der Waals surface area (Å²) in [5.41, 5.74) is 3.05. The molecule has 1 saturated carbocycles. The van der Waals surface area contributed by atoms with Gasteiger partial charge in [0.2, 0.25) is 0 Å². The highest BCUT2D eigenvalue weighted by Gasteiger charge is 2.24. The van der Waals surface area contributed by atoms with E-state index < -0.39 is 0 Å². The Morgan fingerprint density at radius 2 is 2.04 bits per heavy atom. The second-order valence-electron chi connectivity index (χ2n) is 7.48. The lowest BCUT2D eigenvalue weighted by molar-refractivity contribution is 0.237. The normalized spacial score (nSPS) is 18.5. The van der Waals surface area contributed by atoms with Gasteiger partial charge in [-0.2, -0.15) is 0 Å². The summed E-state index contributed by atoms with van der Waals surface area (Å²) < 4.78 is 5.46. The molecular weight excluding hydrogens is 326 g/mol. The Kier molecular flexibility index (Phi) is 5.07. The zero-order valence-corrected chi connectivity index (χ0v) is 15.5. The van der Waals surface area contributed by atoms with Crippen LogP contribution in [0.1, 0.15) is 60.7 Å². The minimum atomic E-state index is 0.0558. The van der Waals surface area contributed by atoms with Gasteiger partial charge in [-0.05, 0) is 18.9 Å². The van der Waals surface area contributed by atoms with E-state index in [0.717, 1.165) is 60.7 Å². The van der Waals surface area contributed by atoms with Crippen LogP contribution in [0, 0.1) is 0 Å². The van der Waals surface area contributed by atoms with Gasteiger partial charge in [0.1, 0.15) is 11.6 Å². The largest absolute Gasteiger partial charge is 0.496 e. The number of methoxy groups -OCH3 is 1.